The number of hydrogen-bond donors (Lipinski definition) is 1. The lowest BCUT2D eigenvalue weighted by Crippen LogP contribution is -2.04. The highest BCUT2D eigenvalue weighted by atomic mass is 127. The second-order valence-corrected chi connectivity index (χ2v) is 3.63. The molecule has 5 nitrogen and oxygen atoms in total. The van der Waals surface area contributed by atoms with Gasteiger partial charge in [-0.2, -0.15) is 0 Å². The average molecular weight is 330 g/mol. The number of alkyl halides is 2. The lowest BCUT2D eigenvalue weighted by molar-refractivity contribution is -0.389. The van der Waals surface area contributed by atoms with E-state index < -0.39 is 29.3 Å². The van der Waals surface area contributed by atoms with Crippen LogP contribution in [0.1, 0.15) is 17.7 Å². The Kier molecular flexibility index (Phi) is 3.85. The first-order valence-corrected chi connectivity index (χ1v) is 4.78. The van der Waals surface area contributed by atoms with Gasteiger partial charge in [0.05, 0.1) is 3.57 Å². The third-order valence-corrected chi connectivity index (χ3v) is 2.86. The number of aliphatic hydroxyl groups is 1. The first kappa shape index (κ1) is 12.2. The molecule has 0 aromatic carbocycles. The summed E-state index contributed by atoms with van der Waals surface area (Å²) in [6.45, 7) is -0.611. The van der Waals surface area contributed by atoms with E-state index in [4.69, 9.17) is 5.11 Å². The molecule has 1 rings (SSSR count). The van der Waals surface area contributed by atoms with Crippen LogP contribution in [0.25, 0.3) is 0 Å². The van der Waals surface area contributed by atoms with E-state index in [0.717, 1.165) is 0 Å². The molecule has 0 amide bonds. The average Bonchev–Trinajstić information content (AvgIpc) is 2.17. The van der Waals surface area contributed by atoms with Gasteiger partial charge in [-0.05, 0) is 32.5 Å². The highest BCUT2D eigenvalue weighted by Crippen LogP contribution is 2.29. The van der Waals surface area contributed by atoms with Gasteiger partial charge in [0.15, 0.2) is 5.69 Å². The first-order chi connectivity index (χ1) is 6.97. The van der Waals surface area contributed by atoms with Crippen LogP contribution in [-0.2, 0) is 6.61 Å². The first-order valence-electron chi connectivity index (χ1n) is 3.70. The highest BCUT2D eigenvalue weighted by Gasteiger charge is 2.23. The summed E-state index contributed by atoms with van der Waals surface area (Å²) in [5, 5.41) is 19.2. The van der Waals surface area contributed by atoms with Crippen LogP contribution in [0.15, 0.2) is 6.07 Å². The number of halogens is 3. The van der Waals surface area contributed by atoms with Gasteiger partial charge in [-0.15, -0.1) is 0 Å². The van der Waals surface area contributed by atoms with Gasteiger partial charge in [-0.3, -0.25) is 0 Å². The van der Waals surface area contributed by atoms with Gasteiger partial charge >= 0.3 is 5.82 Å². The lowest BCUT2D eigenvalue weighted by atomic mass is 10.2. The Hall–Kier alpha value is -0.900. The van der Waals surface area contributed by atoms with E-state index in [2.05, 4.69) is 4.98 Å². The van der Waals surface area contributed by atoms with Crippen LogP contribution in [0.5, 0.6) is 0 Å². The molecule has 82 valence electrons. The normalized spacial score (nSPS) is 10.7. The fraction of sp³-hybridized carbons (Fsp3) is 0.286. The summed E-state index contributed by atoms with van der Waals surface area (Å²) >= 11 is 1.57. The molecule has 0 fully saturated rings. The van der Waals surface area contributed by atoms with Gasteiger partial charge in [0.1, 0.15) is 6.61 Å². The monoisotopic (exact) mass is 330 g/mol. The number of hydrogen-bond acceptors (Lipinski definition) is 4. The Morgan fingerprint density at radius 3 is 2.67 bits per heavy atom. The Morgan fingerprint density at radius 2 is 2.27 bits per heavy atom. The van der Waals surface area contributed by atoms with Crippen molar-refractivity contribution in [3.63, 3.8) is 0 Å². The van der Waals surface area contributed by atoms with Gasteiger partial charge < -0.3 is 15.2 Å². The smallest absolute Gasteiger partial charge is 0.364 e. The molecule has 0 unspecified atom stereocenters. The van der Waals surface area contributed by atoms with Gasteiger partial charge in [0, 0.05) is 11.6 Å². The Labute approximate surface area is 96.4 Å². The van der Waals surface area contributed by atoms with E-state index in [0.29, 0.717) is 6.07 Å². The van der Waals surface area contributed by atoms with Crippen molar-refractivity contribution in [3.8, 4) is 0 Å². The molecule has 0 spiro atoms. The van der Waals surface area contributed by atoms with E-state index in [1.165, 1.54) is 0 Å². The van der Waals surface area contributed by atoms with Crippen LogP contribution in [0.3, 0.4) is 0 Å². The van der Waals surface area contributed by atoms with Crippen LogP contribution in [0.4, 0.5) is 14.6 Å². The quantitative estimate of drug-likeness (QED) is 0.523. The Morgan fingerprint density at radius 1 is 1.67 bits per heavy atom. The fourth-order valence-corrected chi connectivity index (χ4v) is 1.63. The van der Waals surface area contributed by atoms with E-state index in [-0.39, 0.29) is 9.26 Å². The van der Waals surface area contributed by atoms with E-state index in [9.17, 15) is 18.9 Å². The maximum Gasteiger partial charge on any atom is 0.364 e. The number of aliphatic hydroxyl groups excluding tert-OH is 1. The zero-order valence-electron chi connectivity index (χ0n) is 7.15. The maximum absolute atomic E-state index is 12.5. The van der Waals surface area contributed by atoms with Crippen molar-refractivity contribution < 1.29 is 18.8 Å². The van der Waals surface area contributed by atoms with Crippen molar-refractivity contribution in [3.05, 3.63) is 31.0 Å². The van der Waals surface area contributed by atoms with Crippen LogP contribution < -0.4 is 0 Å². The molecule has 0 radical (unpaired) electrons. The van der Waals surface area contributed by atoms with Crippen molar-refractivity contribution in [2.75, 3.05) is 0 Å². The van der Waals surface area contributed by atoms with Crippen LogP contribution in [0.2, 0.25) is 0 Å². The summed E-state index contributed by atoms with van der Waals surface area (Å²) < 4.78 is 25.0. The predicted molar refractivity (Wildman–Crippen MR) is 54.5 cm³/mol. The third-order valence-electron chi connectivity index (χ3n) is 1.61. The molecule has 0 aliphatic rings. The molecule has 0 atom stereocenters. The largest absolute Gasteiger partial charge is 0.388 e. The number of aromatic nitrogens is 1. The minimum absolute atomic E-state index is 0.0516. The summed E-state index contributed by atoms with van der Waals surface area (Å²) in [6.07, 6.45) is -2.83. The van der Waals surface area contributed by atoms with E-state index >= 15 is 0 Å². The van der Waals surface area contributed by atoms with Crippen molar-refractivity contribution >= 4 is 28.4 Å². The summed E-state index contributed by atoms with van der Waals surface area (Å²) in [5.74, 6) is -0.685. The van der Waals surface area contributed by atoms with Crippen LogP contribution in [0, 0.1) is 13.7 Å². The fourth-order valence-electron chi connectivity index (χ4n) is 0.946. The molecule has 1 heterocycles. The van der Waals surface area contributed by atoms with Crippen LogP contribution >= 0.6 is 22.6 Å². The van der Waals surface area contributed by atoms with Gasteiger partial charge in [-0.1, -0.05) is 0 Å². The summed E-state index contributed by atoms with van der Waals surface area (Å²) in [5.41, 5.74) is -0.596. The van der Waals surface area contributed by atoms with Crippen molar-refractivity contribution in [1.82, 2.24) is 4.98 Å². The molecule has 1 aromatic rings. The minimum atomic E-state index is -2.83. The zero-order chi connectivity index (χ0) is 11.6. The SMILES string of the molecule is O=[N+]([O-])c1cc(C(F)F)c(I)c(CO)n1. The molecular weight excluding hydrogens is 325 g/mol. The standard InChI is InChI=1S/C7H5F2IN2O3/c8-7(9)3-1-5(12(14)15)11-4(2-13)6(3)10/h1,7,13H,2H2. The number of nitrogens with zero attached hydrogens (tertiary/aromatic N) is 2. The lowest BCUT2D eigenvalue weighted by Gasteiger charge is -2.04. The molecule has 0 aliphatic carbocycles. The summed E-state index contributed by atoms with van der Waals surface area (Å²) in [7, 11) is 0. The Bertz CT molecular complexity index is 400. The number of pyridine rings is 1. The molecule has 0 aliphatic heterocycles. The van der Waals surface area contributed by atoms with Crippen molar-refractivity contribution in [2.24, 2.45) is 0 Å². The predicted octanol–water partition coefficient (Wildman–Crippen LogP) is 2.02. The van der Waals surface area contributed by atoms with Gasteiger partial charge in [-0.25, -0.2) is 8.78 Å². The second kappa shape index (κ2) is 4.75. The van der Waals surface area contributed by atoms with Crippen LogP contribution in [-0.4, -0.2) is 15.0 Å². The molecule has 8 heteroatoms. The summed E-state index contributed by atoms with van der Waals surface area (Å²) in [4.78, 5) is 12.9. The summed E-state index contributed by atoms with van der Waals surface area (Å²) in [6, 6.07) is 0.714. The van der Waals surface area contributed by atoms with Gasteiger partial charge in [0.25, 0.3) is 6.43 Å². The van der Waals surface area contributed by atoms with E-state index in [1.54, 1.807) is 22.6 Å². The molecule has 15 heavy (non-hydrogen) atoms. The van der Waals surface area contributed by atoms with Crippen molar-refractivity contribution in [2.45, 2.75) is 13.0 Å². The highest BCUT2D eigenvalue weighted by molar-refractivity contribution is 14.1. The second-order valence-electron chi connectivity index (χ2n) is 2.55. The molecule has 0 bridgehead atoms. The molecule has 0 saturated heterocycles. The number of rotatable bonds is 3. The molecule has 1 aromatic heterocycles. The molecule has 0 saturated carbocycles. The Balaban J connectivity index is 3.38. The third kappa shape index (κ3) is 2.56. The minimum Gasteiger partial charge on any atom is -0.388 e. The number of nitro groups is 1. The zero-order valence-corrected chi connectivity index (χ0v) is 9.31. The van der Waals surface area contributed by atoms with Crippen molar-refractivity contribution in [1.29, 1.82) is 0 Å². The van der Waals surface area contributed by atoms with Gasteiger partial charge in [0.2, 0.25) is 0 Å². The molecular formula is C7H5F2IN2O3. The molecule has 1 N–H and O–H groups in total. The van der Waals surface area contributed by atoms with E-state index in [1.807, 2.05) is 0 Å². The maximum atomic E-state index is 12.5. The topological polar surface area (TPSA) is 76.3 Å².